The second-order valence-electron chi connectivity index (χ2n) is 7.41. The molecule has 2 aromatic carbocycles. The van der Waals surface area contributed by atoms with E-state index >= 15 is 0 Å². The van der Waals surface area contributed by atoms with Crippen LogP contribution in [-0.4, -0.2) is 17.9 Å². The molecule has 0 bridgehead atoms. The van der Waals surface area contributed by atoms with E-state index in [1.165, 1.54) is 22.3 Å². The number of nitrogens with zero attached hydrogens (tertiary/aromatic N) is 1. The smallest absolute Gasteiger partial charge is 0.269 e. The van der Waals surface area contributed by atoms with Crippen molar-refractivity contribution in [3.8, 4) is 0 Å². The third kappa shape index (κ3) is 4.28. The van der Waals surface area contributed by atoms with Gasteiger partial charge < -0.3 is 5.32 Å². The van der Waals surface area contributed by atoms with Crippen LogP contribution in [0.4, 0.5) is 10.1 Å². The van der Waals surface area contributed by atoms with Crippen molar-refractivity contribution >= 4 is 28.8 Å². The van der Waals surface area contributed by atoms with E-state index in [2.05, 4.69) is 5.32 Å². The molecule has 1 aromatic heterocycles. The normalized spacial score (nSPS) is 15.0. The van der Waals surface area contributed by atoms with Crippen LogP contribution >= 0.6 is 11.3 Å². The van der Waals surface area contributed by atoms with Gasteiger partial charge >= 0.3 is 0 Å². The van der Waals surface area contributed by atoms with Crippen LogP contribution in [0.2, 0.25) is 0 Å². The molecule has 1 saturated carbocycles. The standard InChI is InChI=1S/C24H23FN2O2S/c25-19-13-6-7-14-20(19)27(24(29)21-15-8-16-30-21)22(17-9-2-1-3-10-17)23(28)26-18-11-4-5-12-18/h1-3,6-10,13-16,18,22H,4-5,11-12H2,(H,26,28)/t22-/m0/s1. The van der Waals surface area contributed by atoms with Crippen LogP contribution in [0.15, 0.2) is 72.1 Å². The number of benzene rings is 2. The fraction of sp³-hybridized carbons (Fsp3) is 0.250. The first-order valence-electron chi connectivity index (χ1n) is 10.1. The van der Waals surface area contributed by atoms with E-state index in [-0.39, 0.29) is 17.6 Å². The van der Waals surface area contributed by atoms with E-state index in [9.17, 15) is 14.0 Å². The Balaban J connectivity index is 1.80. The number of amides is 2. The van der Waals surface area contributed by atoms with Gasteiger partial charge in [0.25, 0.3) is 5.91 Å². The Kier molecular flexibility index (Phi) is 6.23. The molecule has 4 nitrogen and oxygen atoms in total. The third-order valence-corrected chi connectivity index (χ3v) is 6.24. The molecule has 1 atom stereocenters. The molecule has 0 aliphatic heterocycles. The maximum absolute atomic E-state index is 14.9. The summed E-state index contributed by atoms with van der Waals surface area (Å²) in [4.78, 5) is 28.7. The van der Waals surface area contributed by atoms with Crippen molar-refractivity contribution in [1.29, 1.82) is 0 Å². The minimum Gasteiger partial charge on any atom is -0.351 e. The summed E-state index contributed by atoms with van der Waals surface area (Å²) in [5.74, 6) is -1.23. The van der Waals surface area contributed by atoms with E-state index in [4.69, 9.17) is 0 Å². The first kappa shape index (κ1) is 20.3. The second kappa shape index (κ2) is 9.22. The quantitative estimate of drug-likeness (QED) is 0.583. The van der Waals surface area contributed by atoms with Gasteiger partial charge in [-0.15, -0.1) is 11.3 Å². The van der Waals surface area contributed by atoms with E-state index in [1.807, 2.05) is 18.2 Å². The lowest BCUT2D eigenvalue weighted by atomic mass is 10.0. The van der Waals surface area contributed by atoms with E-state index < -0.39 is 17.8 Å². The number of nitrogens with one attached hydrogen (secondary N) is 1. The summed E-state index contributed by atoms with van der Waals surface area (Å²) in [6.07, 6.45) is 4.00. The fourth-order valence-corrected chi connectivity index (χ4v) is 4.60. The third-order valence-electron chi connectivity index (χ3n) is 5.39. The molecule has 1 aliphatic carbocycles. The van der Waals surface area contributed by atoms with E-state index in [1.54, 1.807) is 47.8 Å². The largest absolute Gasteiger partial charge is 0.351 e. The molecule has 1 heterocycles. The van der Waals surface area contributed by atoms with Crippen molar-refractivity contribution in [1.82, 2.24) is 5.32 Å². The Morgan fingerprint density at radius 3 is 2.33 bits per heavy atom. The summed E-state index contributed by atoms with van der Waals surface area (Å²) >= 11 is 1.27. The highest BCUT2D eigenvalue weighted by molar-refractivity contribution is 7.12. The van der Waals surface area contributed by atoms with Crippen LogP contribution in [-0.2, 0) is 4.79 Å². The van der Waals surface area contributed by atoms with Crippen LogP contribution in [0, 0.1) is 5.82 Å². The number of hydrogen-bond donors (Lipinski definition) is 1. The Labute approximate surface area is 179 Å². The lowest BCUT2D eigenvalue weighted by Crippen LogP contribution is -2.46. The molecule has 1 aliphatic rings. The molecule has 0 radical (unpaired) electrons. The van der Waals surface area contributed by atoms with Gasteiger partial charge in [0.1, 0.15) is 11.9 Å². The molecular formula is C24H23FN2O2S. The molecule has 30 heavy (non-hydrogen) atoms. The first-order chi connectivity index (χ1) is 14.6. The molecular weight excluding hydrogens is 399 g/mol. The monoisotopic (exact) mass is 422 g/mol. The molecule has 1 fully saturated rings. The molecule has 0 saturated heterocycles. The summed E-state index contributed by atoms with van der Waals surface area (Å²) in [7, 11) is 0. The van der Waals surface area contributed by atoms with Crippen LogP contribution in [0.3, 0.4) is 0 Å². The Morgan fingerprint density at radius 1 is 0.967 bits per heavy atom. The van der Waals surface area contributed by atoms with Gasteiger partial charge in [0, 0.05) is 6.04 Å². The van der Waals surface area contributed by atoms with Crippen LogP contribution in [0.25, 0.3) is 0 Å². The summed E-state index contributed by atoms with van der Waals surface area (Å²) in [6.45, 7) is 0. The van der Waals surface area contributed by atoms with Gasteiger partial charge in [-0.1, -0.05) is 61.4 Å². The fourth-order valence-electron chi connectivity index (χ4n) is 3.94. The summed E-state index contributed by atoms with van der Waals surface area (Å²) in [6, 6.07) is 17.8. The van der Waals surface area contributed by atoms with Crippen molar-refractivity contribution in [3.63, 3.8) is 0 Å². The van der Waals surface area contributed by atoms with Gasteiger partial charge in [-0.2, -0.15) is 0 Å². The van der Waals surface area contributed by atoms with Crippen molar-refractivity contribution in [3.05, 3.63) is 88.4 Å². The number of para-hydroxylation sites is 1. The molecule has 1 N–H and O–H groups in total. The van der Waals surface area contributed by atoms with E-state index in [0.717, 1.165) is 25.7 Å². The van der Waals surface area contributed by atoms with Gasteiger partial charge in [-0.25, -0.2) is 4.39 Å². The summed E-state index contributed by atoms with van der Waals surface area (Å²) in [5.41, 5.74) is 0.729. The number of anilines is 1. The molecule has 6 heteroatoms. The Hall–Kier alpha value is -2.99. The van der Waals surface area contributed by atoms with Crippen molar-refractivity contribution < 1.29 is 14.0 Å². The maximum atomic E-state index is 14.9. The topological polar surface area (TPSA) is 49.4 Å². The summed E-state index contributed by atoms with van der Waals surface area (Å²) < 4.78 is 14.9. The number of hydrogen-bond acceptors (Lipinski definition) is 3. The summed E-state index contributed by atoms with van der Waals surface area (Å²) in [5, 5.41) is 4.89. The highest BCUT2D eigenvalue weighted by Gasteiger charge is 2.36. The number of rotatable bonds is 6. The molecule has 3 aromatic rings. The van der Waals surface area contributed by atoms with Crippen LogP contribution in [0.5, 0.6) is 0 Å². The number of halogens is 1. The zero-order valence-electron chi connectivity index (χ0n) is 16.5. The minimum absolute atomic E-state index is 0.0861. The number of carbonyl (C=O) groups excluding carboxylic acids is 2. The number of carbonyl (C=O) groups is 2. The molecule has 0 spiro atoms. The molecule has 4 rings (SSSR count). The van der Waals surface area contributed by atoms with Gasteiger partial charge in [-0.05, 0) is 42.0 Å². The zero-order chi connectivity index (χ0) is 20.9. The van der Waals surface area contributed by atoms with Crippen molar-refractivity contribution in [2.24, 2.45) is 0 Å². The Bertz CT molecular complexity index is 1000. The van der Waals surface area contributed by atoms with Crippen LogP contribution in [0.1, 0.15) is 47.0 Å². The molecule has 2 amide bonds. The van der Waals surface area contributed by atoms with Gasteiger partial charge in [-0.3, -0.25) is 14.5 Å². The van der Waals surface area contributed by atoms with Gasteiger partial charge in [0.05, 0.1) is 10.6 Å². The highest BCUT2D eigenvalue weighted by atomic mass is 32.1. The van der Waals surface area contributed by atoms with E-state index in [0.29, 0.717) is 10.4 Å². The van der Waals surface area contributed by atoms with Gasteiger partial charge in [0.2, 0.25) is 5.91 Å². The average Bonchev–Trinajstić information content (AvgIpc) is 3.47. The van der Waals surface area contributed by atoms with Crippen LogP contribution < -0.4 is 10.2 Å². The SMILES string of the molecule is O=C(NC1CCCC1)[C@H](c1ccccc1)N(C(=O)c1cccs1)c1ccccc1F. The highest BCUT2D eigenvalue weighted by Crippen LogP contribution is 2.33. The second-order valence-corrected chi connectivity index (χ2v) is 8.35. The number of thiophene rings is 1. The lowest BCUT2D eigenvalue weighted by Gasteiger charge is -2.32. The Morgan fingerprint density at radius 2 is 1.67 bits per heavy atom. The molecule has 0 unspecified atom stereocenters. The predicted octanol–water partition coefficient (Wildman–Crippen LogP) is 5.33. The maximum Gasteiger partial charge on any atom is 0.269 e. The van der Waals surface area contributed by atoms with Gasteiger partial charge in [0.15, 0.2) is 0 Å². The zero-order valence-corrected chi connectivity index (χ0v) is 17.3. The predicted molar refractivity (Wildman–Crippen MR) is 117 cm³/mol. The van der Waals surface area contributed by atoms with Crippen molar-refractivity contribution in [2.45, 2.75) is 37.8 Å². The first-order valence-corrected chi connectivity index (χ1v) is 11.0. The lowest BCUT2D eigenvalue weighted by molar-refractivity contribution is -0.123. The average molecular weight is 423 g/mol. The van der Waals surface area contributed by atoms with Crippen molar-refractivity contribution in [2.75, 3.05) is 4.90 Å². The minimum atomic E-state index is -0.974. The molecule has 154 valence electrons.